The third kappa shape index (κ3) is 4.44. The Balaban J connectivity index is 2.11. The molecule has 9 heteroatoms. The lowest BCUT2D eigenvalue weighted by Gasteiger charge is -2.15. The molecule has 0 unspecified atom stereocenters. The van der Waals surface area contributed by atoms with Crippen molar-refractivity contribution in [2.24, 2.45) is 0 Å². The number of hydrogen-bond acceptors (Lipinski definition) is 4. The zero-order valence-electron chi connectivity index (χ0n) is 15.5. The average Bonchev–Trinajstić information content (AvgIpc) is 2.65. The van der Waals surface area contributed by atoms with Gasteiger partial charge in [-0.1, -0.05) is 11.6 Å². The fraction of sp³-hybridized carbons (Fsp3) is 0.100. The molecule has 3 rings (SSSR count). The van der Waals surface area contributed by atoms with E-state index in [1.807, 2.05) is 0 Å². The monoisotopic (exact) mass is 453 g/mol. The van der Waals surface area contributed by atoms with Crippen molar-refractivity contribution >= 4 is 37.1 Å². The van der Waals surface area contributed by atoms with E-state index >= 15 is 0 Å². The van der Waals surface area contributed by atoms with Crippen LogP contribution >= 0.6 is 11.6 Å². The highest BCUT2D eigenvalue weighted by molar-refractivity contribution is 7.93. The first-order chi connectivity index (χ1) is 13.5. The van der Waals surface area contributed by atoms with Gasteiger partial charge in [0.25, 0.3) is 10.0 Å². The molecule has 0 saturated heterocycles. The quantitative estimate of drug-likeness (QED) is 0.605. The van der Waals surface area contributed by atoms with Gasteiger partial charge in [0, 0.05) is 10.7 Å². The maximum absolute atomic E-state index is 13.1. The van der Waals surface area contributed by atoms with Gasteiger partial charge in [-0.3, -0.25) is 4.72 Å². The van der Waals surface area contributed by atoms with Crippen LogP contribution in [-0.4, -0.2) is 16.8 Å². The second-order valence-electron chi connectivity index (χ2n) is 6.46. The normalized spacial score (nSPS) is 12.0. The SMILES string of the molecule is Cc1cc(S(=O)(=O)Nc2ccc(F)cc2)c(C)c(S(=O)(=O)c2ccc(Cl)cc2)c1. The van der Waals surface area contributed by atoms with Crippen LogP contribution in [-0.2, 0) is 19.9 Å². The van der Waals surface area contributed by atoms with Gasteiger partial charge in [0.05, 0.1) is 14.7 Å². The molecule has 0 aliphatic rings. The molecule has 3 aromatic carbocycles. The molecule has 0 aliphatic carbocycles. The molecule has 152 valence electrons. The lowest BCUT2D eigenvalue weighted by atomic mass is 10.2. The van der Waals surface area contributed by atoms with Crippen LogP contribution in [0, 0.1) is 19.7 Å². The van der Waals surface area contributed by atoms with Crippen LogP contribution in [0.2, 0.25) is 5.02 Å². The minimum atomic E-state index is -4.11. The van der Waals surface area contributed by atoms with E-state index in [1.54, 1.807) is 6.92 Å². The molecule has 0 radical (unpaired) electrons. The molecular weight excluding hydrogens is 437 g/mol. The van der Waals surface area contributed by atoms with Gasteiger partial charge >= 0.3 is 0 Å². The minimum absolute atomic E-state index is 0.00504. The van der Waals surface area contributed by atoms with E-state index in [0.29, 0.717) is 10.6 Å². The first-order valence-corrected chi connectivity index (χ1v) is 11.8. The van der Waals surface area contributed by atoms with Gasteiger partial charge in [-0.25, -0.2) is 21.2 Å². The van der Waals surface area contributed by atoms with E-state index in [9.17, 15) is 21.2 Å². The molecule has 5 nitrogen and oxygen atoms in total. The van der Waals surface area contributed by atoms with Crippen LogP contribution < -0.4 is 4.72 Å². The zero-order valence-corrected chi connectivity index (χ0v) is 17.9. The van der Waals surface area contributed by atoms with Crippen molar-refractivity contribution < 1.29 is 21.2 Å². The Bertz CT molecular complexity index is 1270. The van der Waals surface area contributed by atoms with Gasteiger partial charge in [0.1, 0.15) is 5.82 Å². The smallest absolute Gasteiger partial charge is 0.262 e. The van der Waals surface area contributed by atoms with Crippen LogP contribution in [0.5, 0.6) is 0 Å². The second kappa shape index (κ2) is 7.78. The zero-order chi connectivity index (χ0) is 21.4. The number of aryl methyl sites for hydroxylation is 1. The third-order valence-corrected chi connectivity index (χ3v) is 7.91. The van der Waals surface area contributed by atoms with Gasteiger partial charge in [0.15, 0.2) is 0 Å². The predicted molar refractivity (Wildman–Crippen MR) is 110 cm³/mol. The molecule has 0 amide bonds. The van der Waals surface area contributed by atoms with Crippen LogP contribution in [0.1, 0.15) is 11.1 Å². The Morgan fingerprint density at radius 2 is 1.38 bits per heavy atom. The molecule has 3 aromatic rings. The number of sulfone groups is 1. The van der Waals surface area contributed by atoms with E-state index in [0.717, 1.165) is 12.1 Å². The summed E-state index contributed by atoms with van der Waals surface area (Å²) in [5.41, 5.74) is 0.706. The molecule has 0 atom stereocenters. The molecule has 0 bridgehead atoms. The van der Waals surface area contributed by atoms with Crippen molar-refractivity contribution in [1.82, 2.24) is 0 Å². The number of hydrogen-bond donors (Lipinski definition) is 1. The Labute approximate surface area is 174 Å². The Morgan fingerprint density at radius 3 is 1.97 bits per heavy atom. The van der Waals surface area contributed by atoms with Gasteiger partial charge < -0.3 is 0 Å². The Morgan fingerprint density at radius 1 is 0.828 bits per heavy atom. The first-order valence-electron chi connectivity index (χ1n) is 8.41. The fourth-order valence-electron chi connectivity index (χ4n) is 2.82. The van der Waals surface area contributed by atoms with Crippen LogP contribution in [0.3, 0.4) is 0 Å². The molecule has 0 aromatic heterocycles. The van der Waals surface area contributed by atoms with E-state index in [2.05, 4.69) is 4.72 Å². The summed E-state index contributed by atoms with van der Waals surface area (Å²) in [4.78, 5) is -0.279. The summed E-state index contributed by atoms with van der Waals surface area (Å²) in [5.74, 6) is -0.504. The summed E-state index contributed by atoms with van der Waals surface area (Å²) >= 11 is 5.83. The van der Waals surface area contributed by atoms with Crippen molar-refractivity contribution in [3.63, 3.8) is 0 Å². The van der Waals surface area contributed by atoms with Crippen LogP contribution in [0.15, 0.2) is 75.4 Å². The highest BCUT2D eigenvalue weighted by Gasteiger charge is 2.26. The summed E-state index contributed by atoms with van der Waals surface area (Å²) in [6.07, 6.45) is 0. The number of halogens is 2. The Kier molecular flexibility index (Phi) is 5.71. The van der Waals surface area contributed by atoms with Crippen molar-refractivity contribution in [2.45, 2.75) is 28.5 Å². The predicted octanol–water partition coefficient (Wildman–Crippen LogP) is 4.73. The number of benzene rings is 3. The van der Waals surface area contributed by atoms with Crippen molar-refractivity contribution in [2.75, 3.05) is 4.72 Å². The lowest BCUT2D eigenvalue weighted by Crippen LogP contribution is -2.16. The molecule has 29 heavy (non-hydrogen) atoms. The van der Waals surface area contributed by atoms with Crippen LogP contribution in [0.25, 0.3) is 0 Å². The van der Waals surface area contributed by atoms with Crippen LogP contribution in [0.4, 0.5) is 10.1 Å². The molecular formula is C20H17ClFNO4S2. The number of sulfonamides is 1. The average molecular weight is 454 g/mol. The maximum Gasteiger partial charge on any atom is 0.262 e. The largest absolute Gasteiger partial charge is 0.280 e. The summed E-state index contributed by atoms with van der Waals surface area (Å²) in [6.45, 7) is 3.04. The molecule has 1 N–H and O–H groups in total. The molecule has 0 aliphatic heterocycles. The molecule has 0 saturated carbocycles. The van der Waals surface area contributed by atoms with Crippen molar-refractivity contribution in [3.8, 4) is 0 Å². The van der Waals surface area contributed by atoms with Crippen molar-refractivity contribution in [1.29, 1.82) is 0 Å². The topological polar surface area (TPSA) is 80.3 Å². The van der Waals surface area contributed by atoms with Gasteiger partial charge in [0.2, 0.25) is 9.84 Å². The summed E-state index contributed by atoms with van der Waals surface area (Å²) < 4.78 is 67.4. The van der Waals surface area contributed by atoms with Gasteiger partial charge in [-0.05, 0) is 85.6 Å². The molecule has 0 heterocycles. The molecule has 0 fully saturated rings. The third-order valence-electron chi connectivity index (χ3n) is 4.26. The number of rotatable bonds is 5. The Hall–Kier alpha value is -2.42. The highest BCUT2D eigenvalue weighted by atomic mass is 35.5. The van der Waals surface area contributed by atoms with E-state index < -0.39 is 25.7 Å². The van der Waals surface area contributed by atoms with E-state index in [1.165, 1.54) is 55.5 Å². The number of nitrogens with one attached hydrogen (secondary N) is 1. The summed E-state index contributed by atoms with van der Waals surface area (Å²) in [7, 11) is -8.08. The molecule has 0 spiro atoms. The van der Waals surface area contributed by atoms with E-state index in [-0.39, 0.29) is 25.9 Å². The van der Waals surface area contributed by atoms with Gasteiger partial charge in [-0.15, -0.1) is 0 Å². The number of anilines is 1. The maximum atomic E-state index is 13.1. The van der Waals surface area contributed by atoms with Crippen molar-refractivity contribution in [3.05, 3.63) is 82.6 Å². The van der Waals surface area contributed by atoms with Gasteiger partial charge in [-0.2, -0.15) is 0 Å². The fourth-order valence-corrected chi connectivity index (χ4v) is 6.02. The highest BCUT2D eigenvalue weighted by Crippen LogP contribution is 2.31. The summed E-state index contributed by atoms with van der Waals surface area (Å²) in [5, 5.41) is 0.386. The summed E-state index contributed by atoms with van der Waals surface area (Å²) in [6, 6.07) is 13.3. The second-order valence-corrected chi connectivity index (χ2v) is 10.5. The minimum Gasteiger partial charge on any atom is -0.280 e. The first kappa shape index (κ1) is 21.3. The lowest BCUT2D eigenvalue weighted by molar-refractivity contribution is 0.594. The van der Waals surface area contributed by atoms with E-state index in [4.69, 9.17) is 11.6 Å². The standard InChI is InChI=1S/C20H17ClFNO4S2/c1-13-11-19(28(24,25)18-9-3-15(21)4-10-18)14(2)20(12-13)29(26,27)23-17-7-5-16(22)6-8-17/h3-12,23H,1-2H3.